The molecule has 0 bridgehead atoms. The minimum Gasteiger partial charge on any atom is -0.458 e. The number of carbonyl (C=O) groups is 2. The molecule has 0 rings (SSSR count). The molecule has 0 aliphatic carbocycles. The lowest BCUT2D eigenvalue weighted by atomic mass is 10.1. The van der Waals surface area contributed by atoms with Gasteiger partial charge in [0.05, 0.1) is 19.6 Å². The number of nitrogens with zero attached hydrogens (tertiary/aromatic N) is 1. The molecule has 6 nitrogen and oxygen atoms in total. The fourth-order valence-corrected chi connectivity index (χ4v) is 1.83. The van der Waals surface area contributed by atoms with Crippen LogP contribution in [0.1, 0.15) is 39.0 Å². The Labute approximate surface area is 126 Å². The zero-order chi connectivity index (χ0) is 16.1. The topological polar surface area (TPSA) is 87.1 Å². The van der Waals surface area contributed by atoms with Gasteiger partial charge in [-0.1, -0.05) is 26.0 Å². The maximum atomic E-state index is 11.8. The zero-order valence-corrected chi connectivity index (χ0v) is 12.8. The molecule has 6 heteroatoms. The molecule has 0 saturated carbocycles. The van der Waals surface area contributed by atoms with Crippen molar-refractivity contribution < 1.29 is 24.5 Å². The summed E-state index contributed by atoms with van der Waals surface area (Å²) in [4.78, 5) is 24.8. The number of aliphatic hydroxyl groups is 2. The first-order valence-electron chi connectivity index (χ1n) is 7.40. The Balaban J connectivity index is 4.14. The highest BCUT2D eigenvalue weighted by atomic mass is 16.5. The summed E-state index contributed by atoms with van der Waals surface area (Å²) >= 11 is 0. The Morgan fingerprint density at radius 2 is 1.86 bits per heavy atom. The molecule has 1 amide bonds. The highest BCUT2D eigenvalue weighted by Gasteiger charge is 2.16. The van der Waals surface area contributed by atoms with Crippen molar-refractivity contribution in [2.75, 3.05) is 26.3 Å². The molecule has 0 spiro atoms. The predicted octanol–water partition coefficient (Wildman–Crippen LogP) is 0.868. The number of aliphatic hydroxyl groups excluding tert-OH is 2. The van der Waals surface area contributed by atoms with Crippen LogP contribution in [0.25, 0.3) is 0 Å². The van der Waals surface area contributed by atoms with Gasteiger partial charge in [0.1, 0.15) is 6.10 Å². The molecule has 0 aromatic heterocycles. The van der Waals surface area contributed by atoms with Gasteiger partial charge in [0.2, 0.25) is 5.91 Å². The molecular weight excluding hydrogens is 274 g/mol. The van der Waals surface area contributed by atoms with E-state index in [9.17, 15) is 9.59 Å². The number of ether oxygens (including phenoxy) is 1. The third-order valence-electron chi connectivity index (χ3n) is 3.02. The van der Waals surface area contributed by atoms with Crippen LogP contribution >= 0.6 is 0 Å². The van der Waals surface area contributed by atoms with E-state index in [-0.39, 0.29) is 51.2 Å². The number of amides is 1. The van der Waals surface area contributed by atoms with Gasteiger partial charge in [0.15, 0.2) is 0 Å². The quantitative estimate of drug-likeness (QED) is 0.412. The van der Waals surface area contributed by atoms with Crippen LogP contribution in [0, 0.1) is 0 Å². The van der Waals surface area contributed by atoms with E-state index in [4.69, 9.17) is 14.9 Å². The lowest BCUT2D eigenvalue weighted by Gasteiger charge is -2.20. The summed E-state index contributed by atoms with van der Waals surface area (Å²) in [6, 6.07) is 0. The Morgan fingerprint density at radius 3 is 2.33 bits per heavy atom. The van der Waals surface area contributed by atoms with Crippen molar-refractivity contribution in [3.63, 3.8) is 0 Å². The monoisotopic (exact) mass is 301 g/mol. The third-order valence-corrected chi connectivity index (χ3v) is 3.02. The van der Waals surface area contributed by atoms with Crippen molar-refractivity contribution in [1.82, 2.24) is 4.90 Å². The molecule has 0 aliphatic rings. The average Bonchev–Trinajstić information content (AvgIpc) is 2.48. The highest BCUT2D eigenvalue weighted by molar-refractivity contribution is 5.81. The molecule has 0 aromatic carbocycles. The zero-order valence-electron chi connectivity index (χ0n) is 12.8. The summed E-state index contributed by atoms with van der Waals surface area (Å²) in [6.45, 7) is 5.64. The summed E-state index contributed by atoms with van der Waals surface area (Å²) in [5.74, 6) is -0.712. The minimum atomic E-state index is -0.433. The van der Waals surface area contributed by atoms with Gasteiger partial charge in [-0.3, -0.25) is 9.59 Å². The summed E-state index contributed by atoms with van der Waals surface area (Å²) in [5, 5.41) is 17.7. The van der Waals surface area contributed by atoms with E-state index in [1.807, 2.05) is 0 Å². The van der Waals surface area contributed by atoms with Crippen LogP contribution in [-0.2, 0) is 14.3 Å². The second-order valence-electron chi connectivity index (χ2n) is 4.73. The largest absolute Gasteiger partial charge is 0.458 e. The summed E-state index contributed by atoms with van der Waals surface area (Å²) < 4.78 is 5.23. The maximum Gasteiger partial charge on any atom is 0.306 e. The van der Waals surface area contributed by atoms with Gasteiger partial charge >= 0.3 is 5.97 Å². The molecule has 0 radical (unpaired) electrons. The fourth-order valence-electron chi connectivity index (χ4n) is 1.83. The van der Waals surface area contributed by atoms with Gasteiger partial charge in [0, 0.05) is 19.5 Å². The first-order valence-corrected chi connectivity index (χ1v) is 7.40. The Hall–Kier alpha value is -1.40. The molecular formula is C15H27NO5. The SMILES string of the molecule is C=CC(CCCC)OC(=O)CCC(=O)N(CCO)CCO. The molecule has 21 heavy (non-hydrogen) atoms. The molecule has 2 N–H and O–H groups in total. The summed E-state index contributed by atoms with van der Waals surface area (Å²) in [5.41, 5.74) is 0. The van der Waals surface area contributed by atoms with Crippen LogP contribution in [0.5, 0.6) is 0 Å². The fraction of sp³-hybridized carbons (Fsp3) is 0.733. The van der Waals surface area contributed by atoms with Crippen molar-refractivity contribution in [3.8, 4) is 0 Å². The van der Waals surface area contributed by atoms with E-state index in [0.29, 0.717) is 0 Å². The van der Waals surface area contributed by atoms with Gasteiger partial charge < -0.3 is 19.8 Å². The van der Waals surface area contributed by atoms with Crippen LogP contribution in [0.15, 0.2) is 12.7 Å². The number of carbonyl (C=O) groups excluding carboxylic acids is 2. The van der Waals surface area contributed by atoms with Crippen LogP contribution in [0.4, 0.5) is 0 Å². The van der Waals surface area contributed by atoms with E-state index >= 15 is 0 Å². The number of unbranched alkanes of at least 4 members (excludes halogenated alkanes) is 1. The molecule has 0 fully saturated rings. The number of rotatable bonds is 12. The van der Waals surface area contributed by atoms with Crippen molar-refractivity contribution in [3.05, 3.63) is 12.7 Å². The van der Waals surface area contributed by atoms with Crippen LogP contribution in [0.3, 0.4) is 0 Å². The first kappa shape index (κ1) is 19.6. The van der Waals surface area contributed by atoms with Gasteiger partial charge in [-0.25, -0.2) is 0 Å². The molecule has 0 aromatic rings. The Bertz CT molecular complexity index is 313. The second kappa shape index (κ2) is 12.3. The average molecular weight is 301 g/mol. The van der Waals surface area contributed by atoms with Crippen molar-refractivity contribution in [2.45, 2.75) is 45.1 Å². The lowest BCUT2D eigenvalue weighted by Crippen LogP contribution is -2.36. The molecule has 0 heterocycles. The Morgan fingerprint density at radius 1 is 1.24 bits per heavy atom. The van der Waals surface area contributed by atoms with Crippen molar-refractivity contribution in [2.24, 2.45) is 0 Å². The molecule has 0 saturated heterocycles. The first-order chi connectivity index (χ1) is 10.1. The van der Waals surface area contributed by atoms with Crippen molar-refractivity contribution >= 4 is 11.9 Å². The Kier molecular flexibility index (Phi) is 11.5. The normalized spacial score (nSPS) is 11.8. The van der Waals surface area contributed by atoms with E-state index in [1.54, 1.807) is 6.08 Å². The maximum absolute atomic E-state index is 11.8. The summed E-state index contributed by atoms with van der Waals surface area (Å²) in [7, 11) is 0. The highest BCUT2D eigenvalue weighted by Crippen LogP contribution is 2.08. The minimum absolute atomic E-state index is 0.0104. The molecule has 0 aliphatic heterocycles. The lowest BCUT2D eigenvalue weighted by molar-refractivity contribution is -0.149. The second-order valence-corrected chi connectivity index (χ2v) is 4.73. The van der Waals surface area contributed by atoms with Gasteiger partial charge in [-0.2, -0.15) is 0 Å². The smallest absolute Gasteiger partial charge is 0.306 e. The number of hydrogen-bond acceptors (Lipinski definition) is 5. The third kappa shape index (κ3) is 9.20. The molecule has 1 unspecified atom stereocenters. The predicted molar refractivity (Wildman–Crippen MR) is 79.6 cm³/mol. The summed E-state index contributed by atoms with van der Waals surface area (Å²) in [6.07, 6.45) is 3.99. The molecule has 122 valence electrons. The number of hydrogen-bond donors (Lipinski definition) is 2. The van der Waals surface area contributed by atoms with E-state index in [1.165, 1.54) is 4.90 Å². The molecule has 1 atom stereocenters. The van der Waals surface area contributed by atoms with Crippen LogP contribution in [-0.4, -0.2) is 59.4 Å². The van der Waals surface area contributed by atoms with E-state index < -0.39 is 5.97 Å². The van der Waals surface area contributed by atoms with E-state index in [0.717, 1.165) is 19.3 Å². The number of esters is 1. The van der Waals surface area contributed by atoms with Crippen LogP contribution < -0.4 is 0 Å². The van der Waals surface area contributed by atoms with Crippen molar-refractivity contribution in [1.29, 1.82) is 0 Å². The van der Waals surface area contributed by atoms with Crippen LogP contribution in [0.2, 0.25) is 0 Å². The standard InChI is InChI=1S/C15H27NO5/c1-3-5-6-13(4-2)21-15(20)8-7-14(19)16(9-11-17)10-12-18/h4,13,17-18H,2-3,5-12H2,1H3. The van der Waals surface area contributed by atoms with E-state index in [2.05, 4.69) is 13.5 Å². The van der Waals surface area contributed by atoms with Gasteiger partial charge in [-0.15, -0.1) is 0 Å². The van der Waals surface area contributed by atoms with Gasteiger partial charge in [-0.05, 0) is 12.8 Å². The van der Waals surface area contributed by atoms with Gasteiger partial charge in [0.25, 0.3) is 0 Å².